The number of aryl methyl sites for hydroxylation is 1. The van der Waals surface area contributed by atoms with E-state index in [0.717, 1.165) is 35.5 Å². The van der Waals surface area contributed by atoms with Gasteiger partial charge in [-0.05, 0) is 43.4 Å². The van der Waals surface area contributed by atoms with Gasteiger partial charge in [-0.15, -0.1) is 0 Å². The molecule has 1 fully saturated rings. The van der Waals surface area contributed by atoms with E-state index in [9.17, 15) is 0 Å². The Hall–Kier alpha value is -2.17. The van der Waals surface area contributed by atoms with Crippen LogP contribution in [0.25, 0.3) is 11.1 Å². The quantitative estimate of drug-likeness (QED) is 0.939. The highest BCUT2D eigenvalue weighted by molar-refractivity contribution is 5.75. The summed E-state index contributed by atoms with van der Waals surface area (Å²) in [6.45, 7) is 0. The molecule has 0 saturated heterocycles. The van der Waals surface area contributed by atoms with E-state index < -0.39 is 0 Å². The van der Waals surface area contributed by atoms with Gasteiger partial charge in [-0.25, -0.2) is 0 Å². The first-order valence-corrected chi connectivity index (χ1v) is 7.31. The minimum atomic E-state index is 0.313. The van der Waals surface area contributed by atoms with Crippen molar-refractivity contribution in [3.63, 3.8) is 0 Å². The molecule has 0 atom stereocenters. The fourth-order valence-electron chi connectivity index (χ4n) is 2.79. The molecular weight excluding hydrogens is 266 g/mol. The maximum atomic E-state index is 6.05. The van der Waals surface area contributed by atoms with Gasteiger partial charge in [0.2, 0.25) is 0 Å². The van der Waals surface area contributed by atoms with E-state index in [1.165, 1.54) is 12.8 Å². The Balaban J connectivity index is 1.89. The molecule has 1 aliphatic rings. The molecule has 0 unspecified atom stereocenters. The highest BCUT2D eigenvalue weighted by atomic mass is 16.5. The number of nitrogen functional groups attached to an aromatic ring is 1. The number of hydrogen-bond acceptors (Lipinski definition) is 4. The monoisotopic (exact) mass is 287 g/mol. The Morgan fingerprint density at radius 3 is 2.62 bits per heavy atom. The Morgan fingerprint density at radius 2 is 2.00 bits per heavy atom. The molecule has 0 bridgehead atoms. The highest BCUT2D eigenvalue weighted by Gasteiger charge is 2.19. The van der Waals surface area contributed by atoms with Gasteiger partial charge in [0.25, 0.3) is 0 Å². The molecule has 2 N–H and O–H groups in total. The van der Waals surface area contributed by atoms with E-state index in [1.54, 1.807) is 18.0 Å². The van der Waals surface area contributed by atoms with Gasteiger partial charge in [0, 0.05) is 12.6 Å². The Kier molecular flexibility index (Phi) is 3.73. The number of nitrogens with zero attached hydrogens (tertiary/aromatic N) is 2. The molecule has 3 rings (SSSR count). The van der Waals surface area contributed by atoms with Crippen LogP contribution in [0.4, 0.5) is 5.82 Å². The first-order valence-electron chi connectivity index (χ1n) is 7.31. The zero-order valence-electron chi connectivity index (χ0n) is 12.5. The Labute approximate surface area is 124 Å². The van der Waals surface area contributed by atoms with Crippen molar-refractivity contribution < 1.29 is 9.47 Å². The third-order valence-corrected chi connectivity index (χ3v) is 4.06. The number of benzene rings is 1. The molecule has 5 nitrogen and oxygen atoms in total. The molecular formula is C16H21N3O2. The van der Waals surface area contributed by atoms with Crippen molar-refractivity contribution in [2.45, 2.75) is 31.8 Å². The first-order chi connectivity index (χ1) is 10.2. The average Bonchev–Trinajstić information content (AvgIpc) is 3.11. The van der Waals surface area contributed by atoms with Gasteiger partial charge in [-0.1, -0.05) is 6.07 Å². The summed E-state index contributed by atoms with van der Waals surface area (Å²) >= 11 is 0. The van der Waals surface area contributed by atoms with Crippen LogP contribution in [0.3, 0.4) is 0 Å². The van der Waals surface area contributed by atoms with Gasteiger partial charge in [0.1, 0.15) is 5.82 Å². The van der Waals surface area contributed by atoms with Crippen LogP contribution in [0, 0.1) is 0 Å². The molecule has 5 heteroatoms. The molecule has 112 valence electrons. The molecule has 0 aliphatic heterocycles. The Bertz CT molecular complexity index is 630. The van der Waals surface area contributed by atoms with Gasteiger partial charge in [0.05, 0.1) is 19.4 Å². The zero-order chi connectivity index (χ0) is 14.8. The third-order valence-electron chi connectivity index (χ3n) is 4.06. The lowest BCUT2D eigenvalue weighted by Crippen LogP contribution is -2.11. The zero-order valence-corrected chi connectivity index (χ0v) is 12.5. The second-order valence-corrected chi connectivity index (χ2v) is 5.46. The summed E-state index contributed by atoms with van der Waals surface area (Å²) < 4.78 is 13.2. The first kappa shape index (κ1) is 13.8. The summed E-state index contributed by atoms with van der Waals surface area (Å²) in [5.74, 6) is 2.18. The van der Waals surface area contributed by atoms with E-state index in [2.05, 4.69) is 5.10 Å². The second kappa shape index (κ2) is 5.68. The van der Waals surface area contributed by atoms with E-state index in [-0.39, 0.29) is 0 Å². The molecule has 2 aromatic rings. The molecule has 0 amide bonds. The molecule has 1 heterocycles. The van der Waals surface area contributed by atoms with Gasteiger partial charge in [0.15, 0.2) is 11.5 Å². The topological polar surface area (TPSA) is 62.3 Å². The van der Waals surface area contributed by atoms with Crippen molar-refractivity contribution in [1.29, 1.82) is 0 Å². The van der Waals surface area contributed by atoms with Crippen molar-refractivity contribution in [3.8, 4) is 22.6 Å². The van der Waals surface area contributed by atoms with Crippen LogP contribution in [0.2, 0.25) is 0 Å². The summed E-state index contributed by atoms with van der Waals surface area (Å²) in [5, 5.41) is 4.17. The van der Waals surface area contributed by atoms with E-state index in [4.69, 9.17) is 15.2 Å². The smallest absolute Gasteiger partial charge is 0.161 e. The largest absolute Gasteiger partial charge is 0.493 e. The van der Waals surface area contributed by atoms with Crippen molar-refractivity contribution in [2.24, 2.45) is 7.05 Å². The number of hydrogen-bond donors (Lipinski definition) is 1. The summed E-state index contributed by atoms with van der Waals surface area (Å²) in [4.78, 5) is 0. The van der Waals surface area contributed by atoms with Crippen LogP contribution in [0.15, 0.2) is 24.4 Å². The molecule has 1 aliphatic carbocycles. The lowest BCUT2D eigenvalue weighted by molar-refractivity contribution is 0.201. The molecule has 0 radical (unpaired) electrons. The van der Waals surface area contributed by atoms with E-state index in [0.29, 0.717) is 11.9 Å². The van der Waals surface area contributed by atoms with Crippen LogP contribution in [-0.4, -0.2) is 23.0 Å². The van der Waals surface area contributed by atoms with E-state index in [1.807, 2.05) is 25.2 Å². The van der Waals surface area contributed by atoms with Gasteiger partial charge < -0.3 is 15.2 Å². The summed E-state index contributed by atoms with van der Waals surface area (Å²) in [7, 11) is 3.49. The highest BCUT2D eigenvalue weighted by Crippen LogP contribution is 2.36. The van der Waals surface area contributed by atoms with Crippen molar-refractivity contribution in [2.75, 3.05) is 12.8 Å². The minimum Gasteiger partial charge on any atom is -0.493 e. The number of methoxy groups -OCH3 is 1. The number of ether oxygens (including phenoxy) is 2. The third kappa shape index (κ3) is 2.68. The van der Waals surface area contributed by atoms with Crippen molar-refractivity contribution in [1.82, 2.24) is 9.78 Å². The maximum absolute atomic E-state index is 6.05. The molecule has 1 aromatic heterocycles. The average molecular weight is 287 g/mol. The van der Waals surface area contributed by atoms with Crippen LogP contribution >= 0.6 is 0 Å². The van der Waals surface area contributed by atoms with Crippen LogP contribution in [0.1, 0.15) is 25.7 Å². The summed E-state index contributed by atoms with van der Waals surface area (Å²) in [6, 6.07) is 5.91. The van der Waals surface area contributed by atoms with Crippen molar-refractivity contribution >= 4 is 5.82 Å². The predicted molar refractivity (Wildman–Crippen MR) is 82.5 cm³/mol. The predicted octanol–water partition coefficient (Wildman–Crippen LogP) is 3.00. The van der Waals surface area contributed by atoms with Gasteiger partial charge in [-0.3, -0.25) is 4.68 Å². The fourth-order valence-corrected chi connectivity index (χ4v) is 2.79. The van der Waals surface area contributed by atoms with Crippen LogP contribution in [-0.2, 0) is 7.05 Å². The number of nitrogens with two attached hydrogens (primary N) is 1. The van der Waals surface area contributed by atoms with E-state index >= 15 is 0 Å². The molecule has 1 aromatic carbocycles. The van der Waals surface area contributed by atoms with Gasteiger partial charge in [-0.2, -0.15) is 5.10 Å². The Morgan fingerprint density at radius 1 is 1.24 bits per heavy atom. The molecule has 21 heavy (non-hydrogen) atoms. The molecule has 1 saturated carbocycles. The summed E-state index contributed by atoms with van der Waals surface area (Å²) in [5.41, 5.74) is 7.91. The van der Waals surface area contributed by atoms with Crippen LogP contribution in [0.5, 0.6) is 11.5 Å². The second-order valence-electron chi connectivity index (χ2n) is 5.46. The fraction of sp³-hybridized carbons (Fsp3) is 0.438. The molecule has 0 spiro atoms. The standard InChI is InChI=1S/C16H21N3O2/c1-19-16(17)13(10-18-19)11-7-8-14(15(9-11)20-2)21-12-5-3-4-6-12/h7-10,12H,3-6,17H2,1-2H3. The number of rotatable bonds is 4. The SMILES string of the molecule is COc1cc(-c2cnn(C)c2N)ccc1OC1CCCC1. The van der Waals surface area contributed by atoms with Gasteiger partial charge >= 0.3 is 0 Å². The minimum absolute atomic E-state index is 0.313. The van der Waals surface area contributed by atoms with Crippen LogP contribution < -0.4 is 15.2 Å². The lowest BCUT2D eigenvalue weighted by Gasteiger charge is -2.16. The summed E-state index contributed by atoms with van der Waals surface area (Å²) in [6.07, 6.45) is 6.82. The normalized spacial score (nSPS) is 15.3. The number of anilines is 1. The lowest BCUT2D eigenvalue weighted by atomic mass is 10.1. The maximum Gasteiger partial charge on any atom is 0.161 e. The number of aromatic nitrogens is 2. The van der Waals surface area contributed by atoms with Crippen molar-refractivity contribution in [3.05, 3.63) is 24.4 Å².